The third-order valence-corrected chi connectivity index (χ3v) is 6.14. The van der Waals surface area contributed by atoms with Gasteiger partial charge in [-0.1, -0.05) is 29.8 Å². The van der Waals surface area contributed by atoms with Gasteiger partial charge in [0.15, 0.2) is 5.78 Å². The average Bonchev–Trinajstić information content (AvgIpc) is 2.81. The Hall–Kier alpha value is -3.48. The first-order valence-corrected chi connectivity index (χ1v) is 11.1. The summed E-state index contributed by atoms with van der Waals surface area (Å²) in [5, 5.41) is 3.35. The Balaban J connectivity index is 1.41. The maximum atomic E-state index is 14.2. The summed E-state index contributed by atoms with van der Waals surface area (Å²) >= 11 is 0. The molecule has 0 saturated carbocycles. The van der Waals surface area contributed by atoms with Gasteiger partial charge in [0, 0.05) is 38.3 Å². The number of aryl methyl sites for hydroxylation is 2. The zero-order valence-electron chi connectivity index (χ0n) is 18.1. The molecule has 0 radical (unpaired) electrons. The molecule has 164 valence electrons. The number of rotatable bonds is 4. The van der Waals surface area contributed by atoms with E-state index in [1.54, 1.807) is 6.07 Å². The van der Waals surface area contributed by atoms with Gasteiger partial charge in [-0.3, -0.25) is 4.79 Å². The van der Waals surface area contributed by atoms with E-state index in [4.69, 9.17) is 9.97 Å². The third kappa shape index (κ3) is 4.02. The molecule has 1 aromatic heterocycles. The Morgan fingerprint density at radius 2 is 1.62 bits per heavy atom. The third-order valence-electron chi connectivity index (χ3n) is 6.14. The zero-order valence-corrected chi connectivity index (χ0v) is 18.1. The maximum Gasteiger partial charge on any atom is 0.227 e. The van der Waals surface area contributed by atoms with Gasteiger partial charge in [0.25, 0.3) is 0 Å². The fourth-order valence-corrected chi connectivity index (χ4v) is 4.37. The van der Waals surface area contributed by atoms with Gasteiger partial charge in [-0.05, 0) is 44.0 Å². The topological polar surface area (TPSA) is 61.4 Å². The average molecular weight is 432 g/mol. The standard InChI is InChI=1S/C25H26FN5O/c1-17-9-11-18(12-10-17)27-24-23-20(6-4-8-22(23)32)28-25(29-24)31-15-13-30(14-16-31)21-7-3-2-5-19(21)26/h2-3,5,7,9-12H,4,6,8,13-16H2,1H3,(H,27,28,29). The summed E-state index contributed by atoms with van der Waals surface area (Å²) in [6, 6.07) is 14.9. The van der Waals surface area contributed by atoms with Crippen LogP contribution in [0.5, 0.6) is 0 Å². The number of fused-ring (bicyclic) bond motifs is 1. The largest absolute Gasteiger partial charge is 0.366 e. The number of hydrogen-bond acceptors (Lipinski definition) is 6. The van der Waals surface area contributed by atoms with Gasteiger partial charge in [0.2, 0.25) is 5.95 Å². The minimum absolute atomic E-state index is 0.0942. The molecule has 0 bridgehead atoms. The van der Waals surface area contributed by atoms with Crippen molar-refractivity contribution in [1.82, 2.24) is 9.97 Å². The normalized spacial score (nSPS) is 16.1. The van der Waals surface area contributed by atoms with Crippen LogP contribution in [0.2, 0.25) is 0 Å². The smallest absolute Gasteiger partial charge is 0.227 e. The molecule has 32 heavy (non-hydrogen) atoms. The number of hydrogen-bond donors (Lipinski definition) is 1. The number of carbonyl (C=O) groups excluding carboxylic acids is 1. The summed E-state index contributed by atoms with van der Waals surface area (Å²) in [7, 11) is 0. The van der Waals surface area contributed by atoms with Gasteiger partial charge in [-0.15, -0.1) is 0 Å². The highest BCUT2D eigenvalue weighted by Crippen LogP contribution is 2.30. The van der Waals surface area contributed by atoms with Crippen molar-refractivity contribution in [1.29, 1.82) is 0 Å². The molecule has 6 nitrogen and oxygen atoms in total. The summed E-state index contributed by atoms with van der Waals surface area (Å²) in [6.07, 6.45) is 2.11. The van der Waals surface area contributed by atoms with Crippen molar-refractivity contribution in [3.63, 3.8) is 0 Å². The fourth-order valence-electron chi connectivity index (χ4n) is 4.37. The van der Waals surface area contributed by atoms with Gasteiger partial charge in [0.1, 0.15) is 11.6 Å². The van der Waals surface area contributed by atoms with Crippen molar-refractivity contribution in [2.45, 2.75) is 26.2 Å². The highest BCUT2D eigenvalue weighted by atomic mass is 19.1. The number of anilines is 4. The van der Waals surface area contributed by atoms with E-state index in [1.165, 1.54) is 11.6 Å². The van der Waals surface area contributed by atoms with E-state index in [2.05, 4.69) is 15.1 Å². The first-order valence-electron chi connectivity index (χ1n) is 11.1. The van der Waals surface area contributed by atoms with Crippen LogP contribution in [0.1, 0.15) is 34.5 Å². The van der Waals surface area contributed by atoms with E-state index in [0.717, 1.165) is 24.2 Å². The van der Waals surface area contributed by atoms with Gasteiger partial charge in [-0.2, -0.15) is 4.98 Å². The second-order valence-electron chi connectivity index (χ2n) is 8.39. The Kier molecular flexibility index (Phi) is 5.47. The number of carbonyl (C=O) groups is 1. The van der Waals surface area contributed by atoms with Crippen LogP contribution in [0, 0.1) is 12.7 Å². The van der Waals surface area contributed by atoms with Gasteiger partial charge in [0.05, 0.1) is 16.9 Å². The summed E-state index contributed by atoms with van der Waals surface area (Å²) in [5.74, 6) is 1.10. The van der Waals surface area contributed by atoms with Crippen LogP contribution in [0.3, 0.4) is 0 Å². The first kappa shape index (κ1) is 20.4. The molecule has 0 unspecified atom stereocenters. The molecule has 0 spiro atoms. The minimum atomic E-state index is -0.200. The van der Waals surface area contributed by atoms with E-state index < -0.39 is 0 Å². The highest BCUT2D eigenvalue weighted by Gasteiger charge is 2.27. The summed E-state index contributed by atoms with van der Waals surface area (Å²) < 4.78 is 14.2. The Morgan fingerprint density at radius 3 is 2.38 bits per heavy atom. The number of para-hydroxylation sites is 1. The second-order valence-corrected chi connectivity index (χ2v) is 8.39. The minimum Gasteiger partial charge on any atom is -0.366 e. The molecule has 2 aromatic carbocycles. The van der Waals surface area contributed by atoms with Gasteiger partial charge in [-0.25, -0.2) is 9.37 Å². The Labute approximate surface area is 187 Å². The molecule has 0 amide bonds. The maximum absolute atomic E-state index is 14.2. The van der Waals surface area contributed by atoms with Crippen LogP contribution < -0.4 is 15.1 Å². The molecule has 1 aliphatic carbocycles. The van der Waals surface area contributed by atoms with Gasteiger partial charge >= 0.3 is 0 Å². The lowest BCUT2D eigenvalue weighted by Crippen LogP contribution is -2.47. The number of nitrogens with one attached hydrogen (secondary N) is 1. The molecule has 1 aliphatic heterocycles. The molecule has 7 heteroatoms. The van der Waals surface area contributed by atoms with Crippen molar-refractivity contribution in [3.8, 4) is 0 Å². The first-order chi connectivity index (χ1) is 15.6. The molecule has 0 atom stereocenters. The quantitative estimate of drug-likeness (QED) is 0.656. The molecular formula is C25H26FN5O. The van der Waals surface area contributed by atoms with Crippen LogP contribution >= 0.6 is 0 Å². The van der Waals surface area contributed by atoms with Crippen LogP contribution in [-0.4, -0.2) is 41.9 Å². The summed E-state index contributed by atoms with van der Waals surface area (Å²) in [5.41, 5.74) is 4.13. The highest BCUT2D eigenvalue weighted by molar-refractivity contribution is 6.03. The van der Waals surface area contributed by atoms with Crippen LogP contribution in [0.25, 0.3) is 0 Å². The van der Waals surface area contributed by atoms with Crippen LogP contribution in [0.15, 0.2) is 48.5 Å². The van der Waals surface area contributed by atoms with Crippen LogP contribution in [-0.2, 0) is 6.42 Å². The van der Waals surface area contributed by atoms with E-state index in [0.29, 0.717) is 55.6 Å². The van der Waals surface area contributed by atoms with Crippen molar-refractivity contribution < 1.29 is 9.18 Å². The molecule has 2 aliphatic rings. The number of ketones is 1. The lowest BCUT2D eigenvalue weighted by molar-refractivity contribution is 0.0972. The Bertz CT molecular complexity index is 1140. The van der Waals surface area contributed by atoms with E-state index in [-0.39, 0.29) is 11.6 Å². The lowest BCUT2D eigenvalue weighted by Gasteiger charge is -2.36. The molecule has 1 fully saturated rings. The predicted octanol–water partition coefficient (Wildman–Crippen LogP) is 4.51. The van der Waals surface area contributed by atoms with Crippen molar-refractivity contribution >= 4 is 28.9 Å². The molecule has 2 heterocycles. The monoisotopic (exact) mass is 431 g/mol. The molecular weight excluding hydrogens is 405 g/mol. The number of piperazine rings is 1. The van der Waals surface area contributed by atoms with Crippen molar-refractivity contribution in [2.24, 2.45) is 0 Å². The van der Waals surface area contributed by atoms with Crippen molar-refractivity contribution in [3.05, 3.63) is 71.2 Å². The van der Waals surface area contributed by atoms with Gasteiger partial charge < -0.3 is 15.1 Å². The zero-order chi connectivity index (χ0) is 22.1. The van der Waals surface area contributed by atoms with Crippen molar-refractivity contribution in [2.75, 3.05) is 41.3 Å². The number of nitrogens with zero attached hydrogens (tertiary/aromatic N) is 4. The number of halogens is 1. The molecule has 3 aromatic rings. The number of aromatic nitrogens is 2. The molecule has 5 rings (SSSR count). The number of benzene rings is 2. The second kappa shape index (κ2) is 8.57. The fraction of sp³-hybridized carbons (Fsp3) is 0.320. The van der Waals surface area contributed by atoms with Crippen LogP contribution in [0.4, 0.5) is 27.5 Å². The summed E-state index contributed by atoms with van der Waals surface area (Å²) in [4.78, 5) is 26.4. The lowest BCUT2D eigenvalue weighted by atomic mass is 9.95. The summed E-state index contributed by atoms with van der Waals surface area (Å²) in [6.45, 7) is 4.77. The molecule has 1 N–H and O–H groups in total. The Morgan fingerprint density at radius 1 is 0.906 bits per heavy atom. The SMILES string of the molecule is Cc1ccc(Nc2nc(N3CCN(c4ccccc4F)CC3)nc3c2C(=O)CCC3)cc1. The van der Waals surface area contributed by atoms with E-state index in [1.807, 2.05) is 43.3 Å². The number of Topliss-reactive ketones (excluding diaryl/α,β-unsaturated/α-hetero) is 1. The van der Waals surface area contributed by atoms with E-state index >= 15 is 0 Å². The van der Waals surface area contributed by atoms with E-state index in [9.17, 15) is 9.18 Å². The molecule has 1 saturated heterocycles. The predicted molar refractivity (Wildman–Crippen MR) is 125 cm³/mol.